The lowest BCUT2D eigenvalue weighted by Crippen LogP contribution is -2.30. The zero-order valence-corrected chi connectivity index (χ0v) is 18.6. The number of ether oxygens (including phenoxy) is 1. The lowest BCUT2D eigenvalue weighted by Gasteiger charge is -2.20. The molecule has 0 bridgehead atoms. The first-order valence-electron chi connectivity index (χ1n) is 9.70. The van der Waals surface area contributed by atoms with E-state index < -0.39 is 0 Å². The number of hydrogen-bond acceptors (Lipinski definition) is 4. The summed E-state index contributed by atoms with van der Waals surface area (Å²) >= 11 is 3.35. The van der Waals surface area contributed by atoms with Crippen LogP contribution < -0.4 is 9.80 Å². The van der Waals surface area contributed by atoms with Crippen LogP contribution in [0.1, 0.15) is 22.3 Å². The molecular weight excluding hydrogens is 458 g/mol. The molecule has 0 spiro atoms. The summed E-state index contributed by atoms with van der Waals surface area (Å²) in [5.41, 5.74) is 2.04. The van der Waals surface area contributed by atoms with Gasteiger partial charge in [0.15, 0.2) is 5.78 Å². The number of carbonyl (C=O) groups is 2. The van der Waals surface area contributed by atoms with Gasteiger partial charge in [-0.25, -0.2) is 0 Å². The number of amides is 1. The third-order valence-electron chi connectivity index (χ3n) is 4.44. The molecule has 3 aromatic rings. The van der Waals surface area contributed by atoms with E-state index in [1.807, 2.05) is 42.5 Å². The molecule has 0 fully saturated rings. The van der Waals surface area contributed by atoms with Crippen molar-refractivity contribution in [3.63, 3.8) is 0 Å². The molecule has 1 amide bonds. The highest BCUT2D eigenvalue weighted by Crippen LogP contribution is 2.21. The van der Waals surface area contributed by atoms with Gasteiger partial charge in [0.2, 0.25) is 0 Å². The number of benzene rings is 3. The smallest absolute Gasteiger partial charge is 0.274 e. The van der Waals surface area contributed by atoms with Gasteiger partial charge in [-0.3, -0.25) is 14.4 Å². The summed E-state index contributed by atoms with van der Waals surface area (Å²) in [6, 6.07) is 23.6. The second-order valence-electron chi connectivity index (χ2n) is 6.59. The van der Waals surface area contributed by atoms with Crippen molar-refractivity contribution in [3.05, 3.63) is 101 Å². The van der Waals surface area contributed by atoms with Crippen LogP contribution in [0.2, 0.25) is 0 Å². The Balaban J connectivity index is 1.70. The fourth-order valence-corrected chi connectivity index (χ4v) is 3.06. The van der Waals surface area contributed by atoms with Gasteiger partial charge in [-0.15, -0.1) is 0 Å². The third kappa shape index (κ3) is 6.64. The third-order valence-corrected chi connectivity index (χ3v) is 4.97. The number of halogens is 1. The molecule has 0 atom stereocenters. The van der Waals surface area contributed by atoms with Gasteiger partial charge in [0, 0.05) is 22.5 Å². The summed E-state index contributed by atoms with van der Waals surface area (Å²) in [6.07, 6.45) is 3.30. The summed E-state index contributed by atoms with van der Waals surface area (Å²) in [6.45, 7) is 0.0614. The Labute approximate surface area is 190 Å². The van der Waals surface area contributed by atoms with E-state index in [-0.39, 0.29) is 24.7 Å². The van der Waals surface area contributed by atoms with Crippen molar-refractivity contribution >= 4 is 39.4 Å². The number of hydroxylamine groups is 1. The number of Topliss-reactive ketones (excluding diaryl/α,β-unsaturated/α-hetero) is 1. The summed E-state index contributed by atoms with van der Waals surface area (Å²) in [7, 11) is 1.57. The second-order valence-corrected chi connectivity index (χ2v) is 7.50. The van der Waals surface area contributed by atoms with Gasteiger partial charge in [-0.1, -0.05) is 58.4 Å². The van der Waals surface area contributed by atoms with Crippen molar-refractivity contribution < 1.29 is 19.2 Å². The molecule has 5 nitrogen and oxygen atoms in total. The lowest BCUT2D eigenvalue weighted by atomic mass is 10.1. The first kappa shape index (κ1) is 22.5. The Morgan fingerprint density at radius 1 is 0.935 bits per heavy atom. The van der Waals surface area contributed by atoms with Gasteiger partial charge in [-0.2, -0.15) is 5.06 Å². The zero-order chi connectivity index (χ0) is 22.1. The fourth-order valence-electron chi connectivity index (χ4n) is 2.79. The number of anilines is 1. The van der Waals surface area contributed by atoms with Crippen molar-refractivity contribution in [2.24, 2.45) is 0 Å². The number of hydrogen-bond donors (Lipinski definition) is 0. The molecule has 0 aliphatic carbocycles. The van der Waals surface area contributed by atoms with Gasteiger partial charge in [0.25, 0.3) is 5.91 Å². The molecule has 0 radical (unpaired) electrons. The second kappa shape index (κ2) is 11.2. The maximum absolute atomic E-state index is 12.8. The molecule has 0 aromatic heterocycles. The van der Waals surface area contributed by atoms with E-state index in [1.54, 1.807) is 49.6 Å². The Morgan fingerprint density at radius 2 is 1.61 bits per heavy atom. The van der Waals surface area contributed by atoms with Crippen LogP contribution in [0.25, 0.3) is 6.08 Å². The SMILES string of the molecule is COc1ccc(N(OCCC(=O)c2ccc(Br)cc2)C(=O)/C=C/c2ccccc2)cc1. The van der Waals surface area contributed by atoms with Crippen LogP contribution in [0.4, 0.5) is 5.69 Å². The van der Waals surface area contributed by atoms with Gasteiger partial charge in [0.1, 0.15) is 5.75 Å². The number of nitrogens with zero attached hydrogens (tertiary/aromatic N) is 1. The normalized spacial score (nSPS) is 10.8. The summed E-state index contributed by atoms with van der Waals surface area (Å²) in [5.74, 6) is 0.251. The highest BCUT2D eigenvalue weighted by molar-refractivity contribution is 9.10. The lowest BCUT2D eigenvalue weighted by molar-refractivity contribution is -0.121. The molecule has 0 saturated heterocycles. The van der Waals surface area contributed by atoms with Gasteiger partial charge in [-0.05, 0) is 48.0 Å². The topological polar surface area (TPSA) is 55.8 Å². The molecule has 31 heavy (non-hydrogen) atoms. The predicted octanol–water partition coefficient (Wildman–Crippen LogP) is 5.71. The number of rotatable bonds is 9. The summed E-state index contributed by atoms with van der Waals surface area (Å²) < 4.78 is 6.08. The van der Waals surface area contributed by atoms with E-state index in [2.05, 4.69) is 15.9 Å². The number of ketones is 1. The van der Waals surface area contributed by atoms with Crippen LogP contribution in [0.3, 0.4) is 0 Å². The molecule has 0 N–H and O–H groups in total. The summed E-state index contributed by atoms with van der Waals surface area (Å²) in [4.78, 5) is 31.0. The van der Waals surface area contributed by atoms with Crippen molar-refractivity contribution in [3.8, 4) is 5.75 Å². The highest BCUT2D eigenvalue weighted by Gasteiger charge is 2.16. The van der Waals surface area contributed by atoms with Crippen LogP contribution >= 0.6 is 15.9 Å². The highest BCUT2D eigenvalue weighted by atomic mass is 79.9. The monoisotopic (exact) mass is 479 g/mol. The predicted molar refractivity (Wildman–Crippen MR) is 125 cm³/mol. The van der Waals surface area contributed by atoms with E-state index in [1.165, 1.54) is 11.1 Å². The van der Waals surface area contributed by atoms with Crippen LogP contribution in [0.5, 0.6) is 5.75 Å². The first-order valence-corrected chi connectivity index (χ1v) is 10.5. The van der Waals surface area contributed by atoms with Crippen LogP contribution in [0.15, 0.2) is 89.4 Å². The van der Waals surface area contributed by atoms with Crippen molar-refractivity contribution in [1.29, 1.82) is 0 Å². The Bertz CT molecular complexity index is 1030. The molecule has 0 unspecified atom stereocenters. The number of carbonyl (C=O) groups excluding carboxylic acids is 2. The molecule has 6 heteroatoms. The first-order chi connectivity index (χ1) is 15.1. The molecule has 0 saturated carbocycles. The zero-order valence-electron chi connectivity index (χ0n) is 17.0. The van der Waals surface area contributed by atoms with E-state index in [0.29, 0.717) is 17.0 Å². The molecule has 3 aromatic carbocycles. The average molecular weight is 480 g/mol. The van der Waals surface area contributed by atoms with Crippen LogP contribution in [0, 0.1) is 0 Å². The van der Waals surface area contributed by atoms with Crippen LogP contribution in [-0.2, 0) is 9.63 Å². The minimum absolute atomic E-state index is 0.0607. The minimum Gasteiger partial charge on any atom is -0.497 e. The van der Waals surface area contributed by atoms with Crippen LogP contribution in [-0.4, -0.2) is 25.4 Å². The standard InChI is InChI=1S/C25H22BrNO4/c1-30-23-14-12-22(13-15-23)27(25(29)16-7-19-5-3-2-4-6-19)31-18-17-24(28)20-8-10-21(26)11-9-20/h2-16H,17-18H2,1H3/b16-7+. The summed E-state index contributed by atoms with van der Waals surface area (Å²) in [5, 5.41) is 1.19. The van der Waals surface area contributed by atoms with Crippen molar-refractivity contribution in [1.82, 2.24) is 0 Å². The average Bonchev–Trinajstić information content (AvgIpc) is 2.81. The van der Waals surface area contributed by atoms with Gasteiger partial charge < -0.3 is 4.74 Å². The van der Waals surface area contributed by atoms with Gasteiger partial charge >= 0.3 is 0 Å². The molecule has 3 rings (SSSR count). The van der Waals surface area contributed by atoms with Crippen molar-refractivity contribution in [2.75, 3.05) is 18.8 Å². The molecular formula is C25H22BrNO4. The van der Waals surface area contributed by atoms with E-state index in [0.717, 1.165) is 10.0 Å². The molecule has 0 aliphatic heterocycles. The number of methoxy groups -OCH3 is 1. The van der Waals surface area contributed by atoms with Crippen molar-refractivity contribution in [2.45, 2.75) is 6.42 Å². The van der Waals surface area contributed by atoms with E-state index in [4.69, 9.17) is 9.57 Å². The molecule has 0 heterocycles. The van der Waals surface area contributed by atoms with Gasteiger partial charge in [0.05, 0.1) is 19.4 Å². The molecule has 0 aliphatic rings. The van der Waals surface area contributed by atoms with E-state index >= 15 is 0 Å². The maximum Gasteiger partial charge on any atom is 0.274 e. The van der Waals surface area contributed by atoms with E-state index in [9.17, 15) is 9.59 Å². The molecule has 158 valence electrons. The Hall–Kier alpha value is -3.22. The quantitative estimate of drug-likeness (QED) is 0.224. The fraction of sp³-hybridized carbons (Fsp3) is 0.120. The minimum atomic E-state index is -0.356. The maximum atomic E-state index is 12.8. The Kier molecular flexibility index (Phi) is 8.15. The Morgan fingerprint density at radius 3 is 2.26 bits per heavy atom. The largest absolute Gasteiger partial charge is 0.497 e.